The summed E-state index contributed by atoms with van der Waals surface area (Å²) in [5.41, 5.74) is 2.84. The van der Waals surface area contributed by atoms with Gasteiger partial charge in [0.15, 0.2) is 10.9 Å². The predicted molar refractivity (Wildman–Crippen MR) is 129 cm³/mol. The summed E-state index contributed by atoms with van der Waals surface area (Å²) in [6.07, 6.45) is 1.62. The molecule has 2 aromatic carbocycles. The van der Waals surface area contributed by atoms with Crippen molar-refractivity contribution in [2.75, 3.05) is 5.75 Å². The largest absolute Gasteiger partial charge is 0.508 e. The Hall–Kier alpha value is -3.36. The highest BCUT2D eigenvalue weighted by atomic mass is 32.2. The number of Topliss-reactive ketones (excluding diaryl/α,β-unsaturated/α-hetero) is 1. The monoisotopic (exact) mass is 464 g/mol. The number of ketones is 1. The SMILES string of the molecule is C=CCn1c(SCC(=O)c2ccc(O)cc2O)nc2scc(-c3ccc(C)cc3)c2c1=O. The summed E-state index contributed by atoms with van der Waals surface area (Å²) in [4.78, 5) is 31.2. The zero-order valence-corrected chi connectivity index (χ0v) is 18.9. The third kappa shape index (κ3) is 4.19. The van der Waals surface area contributed by atoms with E-state index in [0.29, 0.717) is 15.4 Å². The summed E-state index contributed by atoms with van der Waals surface area (Å²) in [6.45, 7) is 6.01. The van der Waals surface area contributed by atoms with Crippen molar-refractivity contribution in [3.05, 3.63) is 82.0 Å². The fourth-order valence-electron chi connectivity index (χ4n) is 3.32. The normalized spacial score (nSPS) is 11.0. The highest BCUT2D eigenvalue weighted by Gasteiger charge is 2.19. The number of hydrogen-bond acceptors (Lipinski definition) is 7. The van der Waals surface area contributed by atoms with E-state index >= 15 is 0 Å². The molecule has 4 aromatic rings. The first-order chi connectivity index (χ1) is 15.4. The molecule has 2 aromatic heterocycles. The van der Waals surface area contributed by atoms with Gasteiger partial charge in [0.2, 0.25) is 0 Å². The maximum absolute atomic E-state index is 13.4. The maximum atomic E-state index is 13.4. The Morgan fingerprint density at radius 3 is 2.66 bits per heavy atom. The number of aryl methyl sites for hydroxylation is 1. The van der Waals surface area contributed by atoms with Gasteiger partial charge >= 0.3 is 0 Å². The van der Waals surface area contributed by atoms with Crippen LogP contribution in [0.25, 0.3) is 21.3 Å². The van der Waals surface area contributed by atoms with E-state index in [1.165, 1.54) is 28.0 Å². The van der Waals surface area contributed by atoms with Crippen LogP contribution in [0.2, 0.25) is 0 Å². The minimum atomic E-state index is -0.335. The van der Waals surface area contributed by atoms with E-state index in [1.54, 1.807) is 6.08 Å². The number of allylic oxidation sites excluding steroid dienone is 1. The Labute approximate surface area is 192 Å². The topological polar surface area (TPSA) is 92.4 Å². The summed E-state index contributed by atoms with van der Waals surface area (Å²) < 4.78 is 1.51. The van der Waals surface area contributed by atoms with E-state index in [0.717, 1.165) is 34.5 Å². The van der Waals surface area contributed by atoms with Crippen LogP contribution in [0.4, 0.5) is 0 Å². The van der Waals surface area contributed by atoms with Gasteiger partial charge in [0, 0.05) is 23.6 Å². The number of carbonyl (C=O) groups excluding carboxylic acids is 1. The standard InChI is InChI=1S/C24H20N2O4S2/c1-3-10-26-23(30)21-18(15-6-4-14(2)5-7-15)12-31-22(21)25-24(26)32-13-20(29)17-9-8-16(27)11-19(17)28/h3-9,11-12,27-28H,1,10,13H2,2H3. The average molecular weight is 465 g/mol. The number of nitrogens with zero attached hydrogens (tertiary/aromatic N) is 2. The van der Waals surface area contributed by atoms with Gasteiger partial charge in [0.1, 0.15) is 16.3 Å². The molecule has 0 saturated heterocycles. The van der Waals surface area contributed by atoms with E-state index in [4.69, 9.17) is 0 Å². The van der Waals surface area contributed by atoms with Gasteiger partial charge in [-0.3, -0.25) is 14.2 Å². The first-order valence-corrected chi connectivity index (χ1v) is 11.6. The smallest absolute Gasteiger partial charge is 0.263 e. The van der Waals surface area contributed by atoms with Crippen LogP contribution < -0.4 is 5.56 Å². The lowest BCUT2D eigenvalue weighted by Crippen LogP contribution is -2.23. The van der Waals surface area contributed by atoms with Crippen molar-refractivity contribution in [2.45, 2.75) is 18.6 Å². The van der Waals surface area contributed by atoms with Crippen molar-refractivity contribution in [1.29, 1.82) is 0 Å². The molecule has 2 N–H and O–H groups in total. The minimum absolute atomic E-state index is 0.0242. The van der Waals surface area contributed by atoms with Crippen LogP contribution in [-0.2, 0) is 6.54 Å². The molecule has 8 heteroatoms. The van der Waals surface area contributed by atoms with Crippen LogP contribution in [0.1, 0.15) is 15.9 Å². The van der Waals surface area contributed by atoms with Gasteiger partial charge in [-0.2, -0.15) is 0 Å². The minimum Gasteiger partial charge on any atom is -0.508 e. The molecule has 2 heterocycles. The molecule has 0 spiro atoms. The summed E-state index contributed by atoms with van der Waals surface area (Å²) in [5.74, 6) is -0.772. The van der Waals surface area contributed by atoms with Gasteiger partial charge in [-0.15, -0.1) is 17.9 Å². The van der Waals surface area contributed by atoms with Crippen LogP contribution in [0.15, 0.2) is 70.5 Å². The molecule has 0 atom stereocenters. The number of aromatic hydroxyl groups is 2. The van der Waals surface area contributed by atoms with Crippen molar-refractivity contribution in [3.8, 4) is 22.6 Å². The number of phenolic OH excluding ortho intramolecular Hbond substituents is 2. The van der Waals surface area contributed by atoms with Crippen LogP contribution in [0.3, 0.4) is 0 Å². The number of hydrogen-bond donors (Lipinski definition) is 2. The van der Waals surface area contributed by atoms with Crippen molar-refractivity contribution >= 4 is 39.1 Å². The Bertz CT molecular complexity index is 1390. The molecule has 0 saturated carbocycles. The molecular formula is C24H20N2O4S2. The van der Waals surface area contributed by atoms with Crippen LogP contribution in [0.5, 0.6) is 11.5 Å². The number of phenols is 2. The molecule has 4 rings (SSSR count). The molecule has 0 aliphatic heterocycles. The van der Waals surface area contributed by atoms with Crippen molar-refractivity contribution in [1.82, 2.24) is 9.55 Å². The number of thioether (sulfide) groups is 1. The van der Waals surface area contributed by atoms with Gasteiger partial charge in [-0.05, 0) is 24.6 Å². The molecular weight excluding hydrogens is 444 g/mol. The lowest BCUT2D eigenvalue weighted by molar-refractivity contribution is 0.102. The molecule has 0 aliphatic rings. The maximum Gasteiger partial charge on any atom is 0.263 e. The number of aromatic nitrogens is 2. The van der Waals surface area contributed by atoms with Crippen LogP contribution >= 0.6 is 23.1 Å². The van der Waals surface area contributed by atoms with Crippen molar-refractivity contribution < 1.29 is 15.0 Å². The van der Waals surface area contributed by atoms with E-state index in [9.17, 15) is 19.8 Å². The highest BCUT2D eigenvalue weighted by Crippen LogP contribution is 2.33. The fourth-order valence-corrected chi connectivity index (χ4v) is 5.20. The van der Waals surface area contributed by atoms with Gasteiger partial charge in [0.05, 0.1) is 16.7 Å². The molecule has 0 amide bonds. The molecule has 0 radical (unpaired) electrons. The van der Waals surface area contributed by atoms with Gasteiger partial charge < -0.3 is 10.2 Å². The van der Waals surface area contributed by atoms with Gasteiger partial charge in [-0.25, -0.2) is 4.98 Å². The molecule has 6 nitrogen and oxygen atoms in total. The Kier molecular flexibility index (Phi) is 6.16. The molecule has 32 heavy (non-hydrogen) atoms. The lowest BCUT2D eigenvalue weighted by Gasteiger charge is -2.11. The summed E-state index contributed by atoms with van der Waals surface area (Å²) in [7, 11) is 0. The fraction of sp³-hybridized carbons (Fsp3) is 0.125. The number of benzene rings is 2. The number of fused-ring (bicyclic) bond motifs is 1. The zero-order chi connectivity index (χ0) is 22.8. The molecule has 162 valence electrons. The van der Waals surface area contributed by atoms with E-state index in [1.807, 2.05) is 36.6 Å². The summed E-state index contributed by atoms with van der Waals surface area (Å²) >= 11 is 2.51. The van der Waals surface area contributed by atoms with Crippen LogP contribution in [0, 0.1) is 6.92 Å². The van der Waals surface area contributed by atoms with E-state index < -0.39 is 0 Å². The summed E-state index contributed by atoms with van der Waals surface area (Å²) in [5, 5.41) is 22.2. The highest BCUT2D eigenvalue weighted by molar-refractivity contribution is 7.99. The van der Waals surface area contributed by atoms with E-state index in [2.05, 4.69) is 11.6 Å². The Balaban J connectivity index is 1.71. The second kappa shape index (κ2) is 9.02. The molecule has 0 unspecified atom stereocenters. The van der Waals surface area contributed by atoms with E-state index in [-0.39, 0.29) is 40.7 Å². The average Bonchev–Trinajstić information content (AvgIpc) is 3.19. The number of rotatable bonds is 7. The second-order valence-electron chi connectivity index (χ2n) is 7.21. The Morgan fingerprint density at radius 1 is 1.22 bits per heavy atom. The molecule has 0 fully saturated rings. The lowest BCUT2D eigenvalue weighted by atomic mass is 10.1. The molecule has 0 bridgehead atoms. The molecule has 0 aliphatic carbocycles. The van der Waals surface area contributed by atoms with Gasteiger partial charge in [-0.1, -0.05) is 47.7 Å². The number of thiophene rings is 1. The quantitative estimate of drug-likeness (QED) is 0.173. The predicted octanol–water partition coefficient (Wildman–Crippen LogP) is 5.01. The first kappa shape index (κ1) is 21.9. The second-order valence-corrected chi connectivity index (χ2v) is 9.01. The number of carbonyl (C=O) groups is 1. The first-order valence-electron chi connectivity index (χ1n) is 9.77. The van der Waals surface area contributed by atoms with Crippen molar-refractivity contribution in [2.24, 2.45) is 0 Å². The third-order valence-electron chi connectivity index (χ3n) is 4.95. The summed E-state index contributed by atoms with van der Waals surface area (Å²) in [6, 6.07) is 11.8. The zero-order valence-electron chi connectivity index (χ0n) is 17.2. The third-order valence-corrected chi connectivity index (χ3v) is 6.80. The van der Waals surface area contributed by atoms with Crippen molar-refractivity contribution in [3.63, 3.8) is 0 Å². The van der Waals surface area contributed by atoms with Gasteiger partial charge in [0.25, 0.3) is 5.56 Å². The van der Waals surface area contributed by atoms with Crippen LogP contribution in [-0.4, -0.2) is 31.3 Å². The Morgan fingerprint density at radius 2 is 1.97 bits per heavy atom.